The third-order valence-electron chi connectivity index (χ3n) is 6.38. The summed E-state index contributed by atoms with van der Waals surface area (Å²) in [4.78, 5) is 41.5. The van der Waals surface area contributed by atoms with Crippen LogP contribution in [0.15, 0.2) is 30.3 Å². The number of hydrazine groups is 1. The fourth-order valence-corrected chi connectivity index (χ4v) is 5.53. The molecule has 1 atom stereocenters. The molecule has 1 fully saturated rings. The van der Waals surface area contributed by atoms with Crippen LogP contribution in [0.4, 0.5) is 0 Å². The Hall–Kier alpha value is -2.67. The molecule has 0 spiro atoms. The zero-order valence-electron chi connectivity index (χ0n) is 18.1. The Balaban J connectivity index is 1.26. The second kappa shape index (κ2) is 9.22. The predicted molar refractivity (Wildman–Crippen MR) is 121 cm³/mol. The summed E-state index contributed by atoms with van der Waals surface area (Å²) in [5, 5.41) is 0. The minimum atomic E-state index is -0.257. The zero-order chi connectivity index (χ0) is 22.0. The van der Waals surface area contributed by atoms with Gasteiger partial charge in [0, 0.05) is 29.4 Å². The summed E-state index contributed by atoms with van der Waals surface area (Å²) in [5.74, 6) is 0.0139. The summed E-state index contributed by atoms with van der Waals surface area (Å²) < 4.78 is 0. The van der Waals surface area contributed by atoms with Crippen molar-refractivity contribution in [2.45, 2.75) is 46.0 Å². The Morgan fingerprint density at radius 1 is 1.06 bits per heavy atom. The van der Waals surface area contributed by atoms with Gasteiger partial charge in [0.15, 0.2) is 0 Å². The van der Waals surface area contributed by atoms with E-state index in [1.54, 1.807) is 0 Å². The van der Waals surface area contributed by atoms with Crippen molar-refractivity contribution in [3.05, 3.63) is 56.8 Å². The SMILES string of the molecule is Cc1ccccc1C(=O)N1CCC(C(=O)NNC(=O)c2cc3c(s2)CCC(C)C3)CC1. The molecule has 1 aromatic carbocycles. The lowest BCUT2D eigenvalue weighted by Crippen LogP contribution is -2.48. The van der Waals surface area contributed by atoms with Crippen molar-refractivity contribution in [1.82, 2.24) is 15.8 Å². The highest BCUT2D eigenvalue weighted by Gasteiger charge is 2.29. The van der Waals surface area contributed by atoms with E-state index in [1.165, 1.54) is 21.8 Å². The smallest absolute Gasteiger partial charge is 0.279 e. The highest BCUT2D eigenvalue weighted by atomic mass is 32.1. The van der Waals surface area contributed by atoms with Crippen LogP contribution in [0.1, 0.15) is 62.2 Å². The number of likely N-dealkylation sites (tertiary alicyclic amines) is 1. The molecule has 1 aromatic heterocycles. The van der Waals surface area contributed by atoms with Crippen LogP contribution in [-0.2, 0) is 17.6 Å². The fraction of sp³-hybridized carbons (Fsp3) is 0.458. The molecular formula is C24H29N3O3S. The first kappa shape index (κ1) is 21.6. The van der Waals surface area contributed by atoms with E-state index in [-0.39, 0.29) is 23.6 Å². The molecule has 2 heterocycles. The number of rotatable bonds is 3. The molecule has 6 nitrogen and oxygen atoms in total. The maximum atomic E-state index is 12.7. The lowest BCUT2D eigenvalue weighted by molar-refractivity contribution is -0.127. The van der Waals surface area contributed by atoms with Gasteiger partial charge in [-0.1, -0.05) is 25.1 Å². The maximum Gasteiger partial charge on any atom is 0.279 e. The maximum absolute atomic E-state index is 12.7. The molecule has 0 radical (unpaired) electrons. The predicted octanol–water partition coefficient (Wildman–Crippen LogP) is 3.49. The highest BCUT2D eigenvalue weighted by Crippen LogP contribution is 2.32. The quantitative estimate of drug-likeness (QED) is 0.719. The Morgan fingerprint density at radius 2 is 1.81 bits per heavy atom. The number of fused-ring (bicyclic) bond motifs is 1. The van der Waals surface area contributed by atoms with Crippen molar-refractivity contribution >= 4 is 29.1 Å². The van der Waals surface area contributed by atoms with Gasteiger partial charge in [-0.2, -0.15) is 0 Å². The third-order valence-corrected chi connectivity index (χ3v) is 7.62. The lowest BCUT2D eigenvalue weighted by atomic mass is 9.90. The van der Waals surface area contributed by atoms with Crippen molar-refractivity contribution < 1.29 is 14.4 Å². The number of carbonyl (C=O) groups excluding carboxylic acids is 3. The number of piperidine rings is 1. The van der Waals surface area contributed by atoms with Crippen LogP contribution >= 0.6 is 11.3 Å². The van der Waals surface area contributed by atoms with E-state index < -0.39 is 0 Å². The van der Waals surface area contributed by atoms with E-state index in [0.29, 0.717) is 42.3 Å². The van der Waals surface area contributed by atoms with Crippen LogP contribution in [0.2, 0.25) is 0 Å². The van der Waals surface area contributed by atoms with Crippen LogP contribution < -0.4 is 10.9 Å². The molecule has 0 bridgehead atoms. The first-order valence-electron chi connectivity index (χ1n) is 11.0. The van der Waals surface area contributed by atoms with Gasteiger partial charge in [-0.15, -0.1) is 11.3 Å². The zero-order valence-corrected chi connectivity index (χ0v) is 18.9. The molecule has 7 heteroatoms. The van der Waals surface area contributed by atoms with Crippen LogP contribution in [0.5, 0.6) is 0 Å². The van der Waals surface area contributed by atoms with E-state index in [9.17, 15) is 14.4 Å². The van der Waals surface area contributed by atoms with Gasteiger partial charge < -0.3 is 4.90 Å². The molecule has 1 saturated heterocycles. The Bertz CT molecular complexity index is 992. The molecule has 0 saturated carbocycles. The number of aryl methyl sites for hydroxylation is 2. The molecule has 1 aliphatic heterocycles. The Labute approximate surface area is 187 Å². The average molecular weight is 440 g/mol. The molecule has 4 rings (SSSR count). The fourth-order valence-electron chi connectivity index (χ4n) is 4.43. The molecule has 1 unspecified atom stereocenters. The van der Waals surface area contributed by atoms with Crippen LogP contribution in [-0.4, -0.2) is 35.7 Å². The van der Waals surface area contributed by atoms with E-state index in [4.69, 9.17) is 0 Å². The number of benzene rings is 1. The Morgan fingerprint density at radius 3 is 2.55 bits per heavy atom. The number of hydrogen-bond donors (Lipinski definition) is 2. The van der Waals surface area contributed by atoms with Crippen molar-refractivity contribution in [2.24, 2.45) is 11.8 Å². The van der Waals surface area contributed by atoms with Crippen LogP contribution in [0.25, 0.3) is 0 Å². The normalized spacial score (nSPS) is 18.9. The Kier molecular flexibility index (Phi) is 6.41. The number of nitrogens with one attached hydrogen (secondary N) is 2. The average Bonchev–Trinajstić information content (AvgIpc) is 3.20. The molecule has 2 N–H and O–H groups in total. The first-order chi connectivity index (χ1) is 14.9. The molecule has 2 aromatic rings. The van der Waals surface area contributed by atoms with Gasteiger partial charge in [0.05, 0.1) is 4.88 Å². The monoisotopic (exact) mass is 439 g/mol. The topological polar surface area (TPSA) is 78.5 Å². The summed E-state index contributed by atoms with van der Waals surface area (Å²) in [6, 6.07) is 9.53. The molecule has 2 aliphatic rings. The van der Waals surface area contributed by atoms with Crippen molar-refractivity contribution in [3.63, 3.8) is 0 Å². The second-order valence-electron chi connectivity index (χ2n) is 8.73. The summed E-state index contributed by atoms with van der Waals surface area (Å²) in [6.07, 6.45) is 4.39. The van der Waals surface area contributed by atoms with Gasteiger partial charge in [0.25, 0.3) is 11.8 Å². The van der Waals surface area contributed by atoms with Gasteiger partial charge in [-0.3, -0.25) is 25.2 Å². The summed E-state index contributed by atoms with van der Waals surface area (Å²) in [6.45, 7) is 5.24. The van der Waals surface area contributed by atoms with E-state index in [0.717, 1.165) is 24.8 Å². The first-order valence-corrected chi connectivity index (χ1v) is 11.8. The minimum Gasteiger partial charge on any atom is -0.339 e. The van der Waals surface area contributed by atoms with E-state index >= 15 is 0 Å². The molecule has 1 aliphatic carbocycles. The third kappa shape index (κ3) is 4.82. The van der Waals surface area contributed by atoms with Crippen molar-refractivity contribution in [1.29, 1.82) is 0 Å². The molecule has 3 amide bonds. The van der Waals surface area contributed by atoms with Gasteiger partial charge in [-0.05, 0) is 68.2 Å². The number of amides is 3. The van der Waals surface area contributed by atoms with Crippen molar-refractivity contribution in [2.75, 3.05) is 13.1 Å². The summed E-state index contributed by atoms with van der Waals surface area (Å²) >= 11 is 1.53. The summed E-state index contributed by atoms with van der Waals surface area (Å²) in [7, 11) is 0. The second-order valence-corrected chi connectivity index (χ2v) is 9.87. The van der Waals surface area contributed by atoms with Crippen LogP contribution in [0.3, 0.4) is 0 Å². The summed E-state index contributed by atoms with van der Waals surface area (Å²) in [5.41, 5.74) is 8.11. The minimum absolute atomic E-state index is 0.0150. The lowest BCUT2D eigenvalue weighted by Gasteiger charge is -2.31. The number of nitrogens with zero attached hydrogens (tertiary/aromatic N) is 1. The number of hydrogen-bond acceptors (Lipinski definition) is 4. The standard InChI is InChI=1S/C24H29N3O3S/c1-15-7-8-20-18(13-15)14-21(31-20)23(29)26-25-22(28)17-9-11-27(12-10-17)24(30)19-6-4-3-5-16(19)2/h3-6,14-15,17H,7-13H2,1-2H3,(H,25,28)(H,26,29). The van der Waals surface area contributed by atoms with E-state index in [1.807, 2.05) is 42.2 Å². The van der Waals surface area contributed by atoms with Gasteiger partial charge >= 0.3 is 0 Å². The van der Waals surface area contributed by atoms with Crippen molar-refractivity contribution in [3.8, 4) is 0 Å². The van der Waals surface area contributed by atoms with E-state index in [2.05, 4.69) is 17.8 Å². The molecule has 164 valence electrons. The molecular weight excluding hydrogens is 410 g/mol. The van der Waals surface area contributed by atoms with Crippen LogP contribution in [0, 0.1) is 18.8 Å². The van der Waals surface area contributed by atoms with Gasteiger partial charge in [0.2, 0.25) is 5.91 Å². The number of carbonyl (C=O) groups is 3. The highest BCUT2D eigenvalue weighted by molar-refractivity contribution is 7.14. The largest absolute Gasteiger partial charge is 0.339 e. The number of thiophene rings is 1. The van der Waals surface area contributed by atoms with Gasteiger partial charge in [-0.25, -0.2) is 0 Å². The molecule has 31 heavy (non-hydrogen) atoms. The van der Waals surface area contributed by atoms with Gasteiger partial charge in [0.1, 0.15) is 0 Å².